The van der Waals surface area contributed by atoms with E-state index < -0.39 is 0 Å². The molecule has 7 nitrogen and oxygen atoms in total. The standard InChI is InChI=1S/C23H38N4O3/c1-3-20-22(23(29)24-8-7-11-26-14-16-30-17-15-26)21(28)18-19(2)27(20)13-12-25-9-5-4-6-10-25/h18H,3-17H2,1-2H3,(H,24,29). The van der Waals surface area contributed by atoms with Gasteiger partial charge in [-0.2, -0.15) is 0 Å². The second-order valence-electron chi connectivity index (χ2n) is 8.44. The van der Waals surface area contributed by atoms with E-state index in [4.69, 9.17) is 4.74 Å². The minimum absolute atomic E-state index is 0.163. The van der Waals surface area contributed by atoms with Gasteiger partial charge >= 0.3 is 0 Å². The van der Waals surface area contributed by atoms with E-state index in [0.29, 0.717) is 18.5 Å². The maximum atomic E-state index is 12.9. The van der Waals surface area contributed by atoms with Crippen LogP contribution in [0.2, 0.25) is 0 Å². The second kappa shape index (κ2) is 11.6. The number of amides is 1. The van der Waals surface area contributed by atoms with Crippen LogP contribution in [0, 0.1) is 6.92 Å². The molecule has 0 aliphatic carbocycles. The summed E-state index contributed by atoms with van der Waals surface area (Å²) < 4.78 is 7.55. The van der Waals surface area contributed by atoms with E-state index in [1.807, 2.05) is 13.8 Å². The van der Waals surface area contributed by atoms with Crippen LogP contribution in [0.25, 0.3) is 0 Å². The Hall–Kier alpha value is -1.70. The number of ether oxygens (including phenoxy) is 1. The fourth-order valence-corrected chi connectivity index (χ4v) is 4.59. The van der Waals surface area contributed by atoms with Crippen molar-refractivity contribution in [2.75, 3.05) is 59.0 Å². The van der Waals surface area contributed by atoms with Crippen LogP contribution in [0.4, 0.5) is 0 Å². The average Bonchev–Trinajstić information content (AvgIpc) is 2.76. The van der Waals surface area contributed by atoms with Gasteiger partial charge in [0.25, 0.3) is 5.91 Å². The molecule has 168 valence electrons. The third-order valence-corrected chi connectivity index (χ3v) is 6.32. The highest BCUT2D eigenvalue weighted by atomic mass is 16.5. The minimum atomic E-state index is -0.231. The first-order chi connectivity index (χ1) is 14.6. The molecule has 0 aromatic carbocycles. The molecule has 2 aliphatic heterocycles. The van der Waals surface area contributed by atoms with Crippen molar-refractivity contribution in [2.24, 2.45) is 0 Å². The summed E-state index contributed by atoms with van der Waals surface area (Å²) in [5.41, 5.74) is 1.97. The van der Waals surface area contributed by atoms with Gasteiger partial charge in [-0.05, 0) is 52.2 Å². The summed E-state index contributed by atoms with van der Waals surface area (Å²) in [5, 5.41) is 2.99. The second-order valence-corrected chi connectivity index (χ2v) is 8.44. The summed E-state index contributed by atoms with van der Waals surface area (Å²) in [7, 11) is 0. The summed E-state index contributed by atoms with van der Waals surface area (Å²) in [4.78, 5) is 30.4. The summed E-state index contributed by atoms with van der Waals surface area (Å²) in [6.45, 7) is 13.1. The number of nitrogens with zero attached hydrogens (tertiary/aromatic N) is 3. The van der Waals surface area contributed by atoms with Gasteiger partial charge in [-0.1, -0.05) is 13.3 Å². The highest BCUT2D eigenvalue weighted by molar-refractivity contribution is 5.95. The predicted octanol–water partition coefficient (Wildman–Crippen LogP) is 1.66. The number of hydrogen-bond donors (Lipinski definition) is 1. The molecule has 1 amide bonds. The van der Waals surface area contributed by atoms with Gasteiger partial charge in [0.05, 0.1) is 13.2 Å². The lowest BCUT2D eigenvalue weighted by Crippen LogP contribution is -2.39. The van der Waals surface area contributed by atoms with Crippen LogP contribution in [-0.4, -0.2) is 79.3 Å². The van der Waals surface area contributed by atoms with Crippen LogP contribution in [-0.2, 0) is 17.7 Å². The highest BCUT2D eigenvalue weighted by Crippen LogP contribution is 2.13. The van der Waals surface area contributed by atoms with Crippen LogP contribution in [0.15, 0.2) is 10.9 Å². The van der Waals surface area contributed by atoms with Crippen molar-refractivity contribution >= 4 is 5.91 Å². The Balaban J connectivity index is 1.62. The fourth-order valence-electron chi connectivity index (χ4n) is 4.59. The SMILES string of the molecule is CCc1c(C(=O)NCCCN2CCOCC2)c(=O)cc(C)n1CCN1CCCCC1. The van der Waals surface area contributed by atoms with Crippen LogP contribution in [0.3, 0.4) is 0 Å². The van der Waals surface area contributed by atoms with Crippen molar-refractivity contribution in [3.05, 3.63) is 33.2 Å². The Morgan fingerprint density at radius 2 is 1.73 bits per heavy atom. The van der Waals surface area contributed by atoms with Crippen LogP contribution in [0.1, 0.15) is 54.4 Å². The average molecular weight is 419 g/mol. The molecule has 0 saturated carbocycles. The number of morpholine rings is 1. The summed E-state index contributed by atoms with van der Waals surface area (Å²) in [6.07, 6.45) is 5.41. The first kappa shape index (κ1) is 23.0. The van der Waals surface area contributed by atoms with E-state index in [-0.39, 0.29) is 11.3 Å². The van der Waals surface area contributed by atoms with Crippen LogP contribution < -0.4 is 10.7 Å². The van der Waals surface area contributed by atoms with E-state index in [0.717, 1.165) is 76.8 Å². The molecule has 2 aliphatic rings. The number of nitrogens with one attached hydrogen (secondary N) is 1. The third kappa shape index (κ3) is 6.15. The predicted molar refractivity (Wildman–Crippen MR) is 119 cm³/mol. The molecule has 2 saturated heterocycles. The van der Waals surface area contributed by atoms with E-state index in [1.54, 1.807) is 6.07 Å². The van der Waals surface area contributed by atoms with Gasteiger partial charge in [0, 0.05) is 50.2 Å². The van der Waals surface area contributed by atoms with E-state index >= 15 is 0 Å². The molecule has 0 radical (unpaired) electrons. The molecule has 7 heteroatoms. The largest absolute Gasteiger partial charge is 0.379 e. The van der Waals surface area contributed by atoms with E-state index in [2.05, 4.69) is 19.7 Å². The number of aryl methyl sites for hydroxylation is 1. The molecule has 2 fully saturated rings. The first-order valence-electron chi connectivity index (χ1n) is 11.6. The van der Waals surface area contributed by atoms with Gasteiger partial charge < -0.3 is 19.5 Å². The van der Waals surface area contributed by atoms with E-state index in [9.17, 15) is 9.59 Å². The monoisotopic (exact) mass is 418 g/mol. The Bertz CT molecular complexity index is 750. The number of piperidine rings is 1. The Morgan fingerprint density at radius 1 is 1.03 bits per heavy atom. The molecule has 3 rings (SSSR count). The van der Waals surface area contributed by atoms with Gasteiger partial charge in [-0.25, -0.2) is 0 Å². The number of hydrogen-bond acceptors (Lipinski definition) is 5. The maximum absolute atomic E-state index is 12.9. The Kier molecular flexibility index (Phi) is 8.90. The normalized spacial score (nSPS) is 18.5. The lowest BCUT2D eigenvalue weighted by molar-refractivity contribution is 0.0374. The van der Waals surface area contributed by atoms with Crippen molar-refractivity contribution in [2.45, 2.75) is 52.5 Å². The van der Waals surface area contributed by atoms with E-state index in [1.165, 1.54) is 19.3 Å². The summed E-state index contributed by atoms with van der Waals surface area (Å²) in [5.74, 6) is -0.231. The quantitative estimate of drug-likeness (QED) is 0.618. The lowest BCUT2D eigenvalue weighted by Gasteiger charge is -2.28. The Morgan fingerprint density at radius 3 is 2.43 bits per heavy atom. The van der Waals surface area contributed by atoms with Crippen molar-refractivity contribution in [1.29, 1.82) is 0 Å². The molecule has 0 spiro atoms. The van der Waals surface area contributed by atoms with Crippen molar-refractivity contribution in [3.8, 4) is 0 Å². The molecule has 0 atom stereocenters. The molecule has 30 heavy (non-hydrogen) atoms. The molecule has 0 unspecified atom stereocenters. The van der Waals surface area contributed by atoms with Gasteiger partial charge in [0.2, 0.25) is 0 Å². The summed E-state index contributed by atoms with van der Waals surface area (Å²) in [6, 6.07) is 1.62. The molecular weight excluding hydrogens is 380 g/mol. The lowest BCUT2D eigenvalue weighted by atomic mass is 10.1. The number of pyridine rings is 1. The van der Waals surface area contributed by atoms with Crippen LogP contribution >= 0.6 is 0 Å². The zero-order chi connectivity index (χ0) is 21.3. The van der Waals surface area contributed by atoms with Gasteiger partial charge in [-0.3, -0.25) is 14.5 Å². The molecule has 3 heterocycles. The zero-order valence-corrected chi connectivity index (χ0v) is 18.8. The molecule has 0 bridgehead atoms. The topological polar surface area (TPSA) is 66.8 Å². The fraction of sp³-hybridized carbons (Fsp3) is 0.739. The van der Waals surface area contributed by atoms with Crippen LogP contribution in [0.5, 0.6) is 0 Å². The van der Waals surface area contributed by atoms with Crippen molar-refractivity contribution < 1.29 is 9.53 Å². The number of carbonyl (C=O) groups is 1. The smallest absolute Gasteiger partial charge is 0.257 e. The summed E-state index contributed by atoms with van der Waals surface area (Å²) >= 11 is 0. The van der Waals surface area contributed by atoms with Crippen molar-refractivity contribution in [1.82, 2.24) is 19.7 Å². The molecule has 1 N–H and O–H groups in total. The highest BCUT2D eigenvalue weighted by Gasteiger charge is 2.20. The first-order valence-corrected chi connectivity index (χ1v) is 11.6. The zero-order valence-electron chi connectivity index (χ0n) is 18.8. The number of likely N-dealkylation sites (tertiary alicyclic amines) is 1. The number of carbonyl (C=O) groups excluding carboxylic acids is 1. The number of aromatic nitrogens is 1. The van der Waals surface area contributed by atoms with Gasteiger partial charge in [0.15, 0.2) is 5.43 Å². The molecule has 1 aromatic rings. The van der Waals surface area contributed by atoms with Gasteiger partial charge in [-0.15, -0.1) is 0 Å². The minimum Gasteiger partial charge on any atom is -0.379 e. The molecular formula is C23H38N4O3. The Labute approximate surface area is 180 Å². The molecule has 1 aromatic heterocycles. The third-order valence-electron chi connectivity index (χ3n) is 6.32. The van der Waals surface area contributed by atoms with Crippen molar-refractivity contribution in [3.63, 3.8) is 0 Å². The number of rotatable bonds is 9. The maximum Gasteiger partial charge on any atom is 0.257 e. The van der Waals surface area contributed by atoms with Gasteiger partial charge in [0.1, 0.15) is 5.56 Å².